The molecule has 7 heteroatoms. The molecule has 104 valence electrons. The zero-order valence-electron chi connectivity index (χ0n) is 10.1. The van der Waals surface area contributed by atoms with Gasteiger partial charge < -0.3 is 10.5 Å². The molecule has 0 aliphatic carbocycles. The first-order chi connectivity index (χ1) is 8.99. The van der Waals surface area contributed by atoms with Gasteiger partial charge in [0.25, 0.3) is 0 Å². The lowest BCUT2D eigenvalue weighted by Gasteiger charge is -2.32. The van der Waals surface area contributed by atoms with E-state index in [0.717, 1.165) is 0 Å². The largest absolute Gasteiger partial charge is 0.385 e. The number of benzene rings is 1. The predicted molar refractivity (Wildman–Crippen MR) is 71.0 cm³/mol. The van der Waals surface area contributed by atoms with Crippen molar-refractivity contribution in [1.29, 1.82) is 5.41 Å². The van der Waals surface area contributed by atoms with E-state index in [1.807, 2.05) is 4.90 Å². The van der Waals surface area contributed by atoms with Gasteiger partial charge in [-0.2, -0.15) is 0 Å². The van der Waals surface area contributed by atoms with E-state index in [-0.39, 0.29) is 22.4 Å². The van der Waals surface area contributed by atoms with Crippen molar-refractivity contribution in [2.24, 2.45) is 5.73 Å². The fourth-order valence-electron chi connectivity index (χ4n) is 1.97. The lowest BCUT2D eigenvalue weighted by molar-refractivity contribution is 0.00159. The quantitative estimate of drug-likeness (QED) is 0.504. The molecule has 1 atom stereocenters. The number of hydrogen-bond donors (Lipinski definition) is 2. The standard InChI is InChI=1S/C12H14BrF2N3O/c13-8-1-2-9(14)7(11(8)15)5-18-3-4-19-10(6-18)12(16)17/h1-2,10H,3-6H2,(H3,16,17). The number of hydrogen-bond acceptors (Lipinski definition) is 3. The van der Waals surface area contributed by atoms with Gasteiger partial charge in [-0.3, -0.25) is 10.3 Å². The number of ether oxygens (including phenoxy) is 1. The van der Waals surface area contributed by atoms with Crippen molar-refractivity contribution in [2.45, 2.75) is 12.6 Å². The minimum absolute atomic E-state index is 0.0126. The van der Waals surface area contributed by atoms with Gasteiger partial charge in [-0.15, -0.1) is 0 Å². The maximum atomic E-state index is 13.9. The summed E-state index contributed by atoms with van der Waals surface area (Å²) in [6.45, 7) is 1.43. The molecule has 1 heterocycles. The van der Waals surface area contributed by atoms with Crippen LogP contribution in [0.3, 0.4) is 0 Å². The Morgan fingerprint density at radius 1 is 1.53 bits per heavy atom. The van der Waals surface area contributed by atoms with Crippen LogP contribution in [0.15, 0.2) is 16.6 Å². The van der Waals surface area contributed by atoms with Gasteiger partial charge in [-0.25, -0.2) is 8.78 Å². The van der Waals surface area contributed by atoms with Crippen LogP contribution >= 0.6 is 15.9 Å². The van der Waals surface area contributed by atoms with Crippen molar-refractivity contribution in [3.8, 4) is 0 Å². The molecule has 0 spiro atoms. The number of nitrogens with zero attached hydrogens (tertiary/aromatic N) is 1. The molecular weight excluding hydrogens is 320 g/mol. The minimum Gasteiger partial charge on any atom is -0.385 e. The number of amidine groups is 1. The molecule has 0 aromatic heterocycles. The van der Waals surface area contributed by atoms with Gasteiger partial charge in [0.2, 0.25) is 0 Å². The van der Waals surface area contributed by atoms with Crippen LogP contribution in [0.2, 0.25) is 0 Å². The van der Waals surface area contributed by atoms with Crippen molar-refractivity contribution < 1.29 is 13.5 Å². The average molecular weight is 334 g/mol. The van der Waals surface area contributed by atoms with Crippen LogP contribution in [0.5, 0.6) is 0 Å². The molecular formula is C12H14BrF2N3O. The minimum atomic E-state index is -0.592. The summed E-state index contributed by atoms with van der Waals surface area (Å²) in [6, 6.07) is 2.57. The highest BCUT2D eigenvalue weighted by molar-refractivity contribution is 9.10. The second-order valence-electron chi connectivity index (χ2n) is 4.37. The third-order valence-electron chi connectivity index (χ3n) is 3.02. The molecule has 3 N–H and O–H groups in total. The summed E-state index contributed by atoms with van der Waals surface area (Å²) in [7, 11) is 0. The summed E-state index contributed by atoms with van der Waals surface area (Å²) in [5.74, 6) is -1.24. The zero-order chi connectivity index (χ0) is 14.0. The summed E-state index contributed by atoms with van der Waals surface area (Å²) in [4.78, 5) is 1.82. The molecule has 1 aliphatic heterocycles. The van der Waals surface area contributed by atoms with E-state index in [1.54, 1.807) is 0 Å². The SMILES string of the molecule is N=C(N)C1CN(Cc2c(F)ccc(Br)c2F)CCO1. The fourth-order valence-corrected chi connectivity index (χ4v) is 2.34. The fraction of sp³-hybridized carbons (Fsp3) is 0.417. The van der Waals surface area contributed by atoms with Crippen molar-refractivity contribution in [2.75, 3.05) is 19.7 Å². The van der Waals surface area contributed by atoms with Gasteiger partial charge in [0.1, 0.15) is 23.6 Å². The Balaban J connectivity index is 2.13. The number of nitrogens with two attached hydrogens (primary N) is 1. The maximum Gasteiger partial charge on any atom is 0.144 e. The van der Waals surface area contributed by atoms with Gasteiger partial charge in [-0.05, 0) is 28.1 Å². The van der Waals surface area contributed by atoms with Crippen LogP contribution < -0.4 is 5.73 Å². The van der Waals surface area contributed by atoms with E-state index in [2.05, 4.69) is 15.9 Å². The lowest BCUT2D eigenvalue weighted by Crippen LogP contribution is -2.47. The van der Waals surface area contributed by atoms with E-state index in [0.29, 0.717) is 19.7 Å². The second-order valence-corrected chi connectivity index (χ2v) is 5.23. The van der Waals surface area contributed by atoms with E-state index >= 15 is 0 Å². The van der Waals surface area contributed by atoms with Gasteiger partial charge in [-0.1, -0.05) is 0 Å². The van der Waals surface area contributed by atoms with Crippen LogP contribution in [0.1, 0.15) is 5.56 Å². The summed E-state index contributed by atoms with van der Waals surface area (Å²) in [5, 5.41) is 7.35. The van der Waals surface area contributed by atoms with Gasteiger partial charge in [0.15, 0.2) is 0 Å². The third kappa shape index (κ3) is 3.29. The lowest BCUT2D eigenvalue weighted by atomic mass is 10.1. The van der Waals surface area contributed by atoms with Crippen LogP contribution in [-0.4, -0.2) is 36.5 Å². The highest BCUT2D eigenvalue weighted by Crippen LogP contribution is 2.23. The third-order valence-corrected chi connectivity index (χ3v) is 3.63. The zero-order valence-corrected chi connectivity index (χ0v) is 11.7. The topological polar surface area (TPSA) is 62.3 Å². The Morgan fingerprint density at radius 3 is 2.95 bits per heavy atom. The average Bonchev–Trinajstić information content (AvgIpc) is 2.39. The van der Waals surface area contributed by atoms with Crippen LogP contribution in [-0.2, 0) is 11.3 Å². The van der Waals surface area contributed by atoms with Crippen molar-refractivity contribution in [3.05, 3.63) is 33.8 Å². The highest BCUT2D eigenvalue weighted by Gasteiger charge is 2.24. The summed E-state index contributed by atoms with van der Waals surface area (Å²) in [6.07, 6.45) is -0.507. The predicted octanol–water partition coefficient (Wildman–Crippen LogP) is 1.86. The summed E-state index contributed by atoms with van der Waals surface area (Å²) >= 11 is 3.04. The van der Waals surface area contributed by atoms with Crippen LogP contribution in [0.4, 0.5) is 8.78 Å². The first-order valence-corrected chi connectivity index (χ1v) is 6.58. The molecule has 1 fully saturated rings. The summed E-state index contributed by atoms with van der Waals surface area (Å²) in [5.41, 5.74) is 5.40. The van der Waals surface area contributed by atoms with E-state index in [4.69, 9.17) is 15.9 Å². The van der Waals surface area contributed by atoms with Crippen molar-refractivity contribution in [3.63, 3.8) is 0 Å². The molecule has 1 unspecified atom stereocenters. The van der Waals surface area contributed by atoms with Crippen LogP contribution in [0.25, 0.3) is 0 Å². The Hall–Kier alpha value is -1.05. The second kappa shape index (κ2) is 5.94. The molecule has 0 amide bonds. The maximum absolute atomic E-state index is 13.9. The smallest absolute Gasteiger partial charge is 0.144 e. The molecule has 0 bridgehead atoms. The van der Waals surface area contributed by atoms with E-state index < -0.39 is 17.7 Å². The number of rotatable bonds is 3. The Bertz CT molecular complexity index is 498. The Morgan fingerprint density at radius 2 is 2.26 bits per heavy atom. The Kier molecular flexibility index (Phi) is 4.49. The number of nitrogens with one attached hydrogen (secondary N) is 1. The molecule has 19 heavy (non-hydrogen) atoms. The summed E-state index contributed by atoms with van der Waals surface area (Å²) < 4.78 is 33.1. The molecule has 4 nitrogen and oxygen atoms in total. The molecule has 1 aromatic carbocycles. The highest BCUT2D eigenvalue weighted by atomic mass is 79.9. The van der Waals surface area contributed by atoms with Gasteiger partial charge >= 0.3 is 0 Å². The van der Waals surface area contributed by atoms with E-state index in [1.165, 1.54) is 12.1 Å². The molecule has 0 radical (unpaired) electrons. The van der Waals surface area contributed by atoms with Gasteiger partial charge in [0, 0.05) is 25.2 Å². The first-order valence-electron chi connectivity index (χ1n) is 5.79. The molecule has 0 saturated carbocycles. The van der Waals surface area contributed by atoms with Gasteiger partial charge in [0.05, 0.1) is 11.1 Å². The van der Waals surface area contributed by atoms with Crippen molar-refractivity contribution >= 4 is 21.8 Å². The number of halogens is 3. The Labute approximate surface area is 118 Å². The van der Waals surface area contributed by atoms with E-state index in [9.17, 15) is 8.78 Å². The normalized spacial score (nSPS) is 20.5. The molecule has 1 aliphatic rings. The monoisotopic (exact) mass is 333 g/mol. The first kappa shape index (κ1) is 14.4. The molecule has 1 saturated heterocycles. The van der Waals surface area contributed by atoms with Crippen LogP contribution in [0, 0.1) is 17.0 Å². The van der Waals surface area contributed by atoms with Crippen molar-refractivity contribution in [1.82, 2.24) is 4.90 Å². The molecule has 1 aromatic rings. The molecule has 2 rings (SSSR count). The number of morpholine rings is 1.